The molecule has 0 saturated carbocycles. The molecule has 1 unspecified atom stereocenters. The van der Waals surface area contributed by atoms with E-state index in [0.717, 1.165) is 42.7 Å². The van der Waals surface area contributed by atoms with Crippen LogP contribution in [0.2, 0.25) is 0 Å². The quantitative estimate of drug-likeness (QED) is 0.933. The van der Waals surface area contributed by atoms with Crippen molar-refractivity contribution in [3.8, 4) is 0 Å². The summed E-state index contributed by atoms with van der Waals surface area (Å²) in [7, 11) is 1.85. The number of nitrogens with one attached hydrogen (secondary N) is 1. The highest BCUT2D eigenvalue weighted by atomic mass is 16.3. The van der Waals surface area contributed by atoms with Crippen LogP contribution in [0.4, 0.5) is 0 Å². The molecule has 3 rings (SSSR count). The summed E-state index contributed by atoms with van der Waals surface area (Å²) < 4.78 is 5.77. The van der Waals surface area contributed by atoms with Gasteiger partial charge in [-0.1, -0.05) is 18.2 Å². The van der Waals surface area contributed by atoms with Crippen molar-refractivity contribution in [1.29, 1.82) is 0 Å². The van der Waals surface area contributed by atoms with Crippen molar-refractivity contribution in [1.82, 2.24) is 10.2 Å². The normalized spacial score (nSPS) is 19.1. The minimum absolute atomic E-state index is 0.109. The Kier molecular flexibility index (Phi) is 3.74. The predicted molar refractivity (Wildman–Crippen MR) is 78.3 cm³/mol. The number of hydrogen-bond acceptors (Lipinski definition) is 3. The molecule has 1 fully saturated rings. The Morgan fingerprint density at radius 1 is 1.45 bits per heavy atom. The molecule has 4 nitrogen and oxygen atoms in total. The first kappa shape index (κ1) is 13.2. The third-order valence-corrected chi connectivity index (χ3v) is 3.89. The second kappa shape index (κ2) is 5.67. The summed E-state index contributed by atoms with van der Waals surface area (Å²) in [6.07, 6.45) is 2.06. The van der Waals surface area contributed by atoms with Crippen LogP contribution in [0.25, 0.3) is 11.0 Å². The second-order valence-electron chi connectivity index (χ2n) is 5.49. The van der Waals surface area contributed by atoms with Crippen LogP contribution < -0.4 is 5.32 Å². The van der Waals surface area contributed by atoms with Crippen molar-refractivity contribution in [3.05, 3.63) is 36.1 Å². The first-order chi connectivity index (χ1) is 9.74. The summed E-state index contributed by atoms with van der Waals surface area (Å²) in [5, 5.41) is 4.37. The topological polar surface area (TPSA) is 45.5 Å². The summed E-state index contributed by atoms with van der Waals surface area (Å²) in [6.45, 7) is 2.35. The molecule has 1 atom stereocenters. The van der Waals surface area contributed by atoms with Crippen molar-refractivity contribution in [3.63, 3.8) is 0 Å². The average molecular weight is 272 g/mol. The van der Waals surface area contributed by atoms with Crippen molar-refractivity contribution < 1.29 is 9.21 Å². The van der Waals surface area contributed by atoms with Crippen molar-refractivity contribution in [2.45, 2.75) is 19.4 Å². The summed E-state index contributed by atoms with van der Waals surface area (Å²) in [4.78, 5) is 14.1. The number of para-hydroxylation sites is 1. The van der Waals surface area contributed by atoms with Crippen LogP contribution in [-0.2, 0) is 11.3 Å². The molecule has 0 aliphatic carbocycles. The van der Waals surface area contributed by atoms with Crippen molar-refractivity contribution in [2.24, 2.45) is 5.92 Å². The Morgan fingerprint density at radius 2 is 2.30 bits per heavy atom. The van der Waals surface area contributed by atoms with Gasteiger partial charge in [0.1, 0.15) is 11.3 Å². The molecular weight excluding hydrogens is 252 g/mol. The number of nitrogens with zero attached hydrogens (tertiary/aromatic N) is 1. The number of rotatable bonds is 3. The number of piperidine rings is 1. The van der Waals surface area contributed by atoms with E-state index in [1.165, 1.54) is 0 Å². The van der Waals surface area contributed by atoms with E-state index in [4.69, 9.17) is 4.42 Å². The number of benzene rings is 1. The summed E-state index contributed by atoms with van der Waals surface area (Å²) in [5.41, 5.74) is 0.877. The molecule has 1 aliphatic rings. The van der Waals surface area contributed by atoms with E-state index in [9.17, 15) is 4.79 Å². The minimum Gasteiger partial charge on any atom is -0.459 e. The molecule has 1 aromatic heterocycles. The summed E-state index contributed by atoms with van der Waals surface area (Å²) in [5.74, 6) is 1.15. The Hall–Kier alpha value is -1.81. The number of furan rings is 1. The first-order valence-corrected chi connectivity index (χ1v) is 7.17. The van der Waals surface area contributed by atoms with Crippen LogP contribution in [0.3, 0.4) is 0 Å². The van der Waals surface area contributed by atoms with Crippen LogP contribution in [-0.4, -0.2) is 30.9 Å². The Morgan fingerprint density at radius 3 is 3.05 bits per heavy atom. The molecule has 4 heteroatoms. The zero-order valence-corrected chi connectivity index (χ0v) is 11.8. The van der Waals surface area contributed by atoms with Gasteiger partial charge in [-0.05, 0) is 31.5 Å². The minimum atomic E-state index is 0.109. The van der Waals surface area contributed by atoms with Gasteiger partial charge >= 0.3 is 0 Å². The smallest absolute Gasteiger partial charge is 0.227 e. The molecule has 2 aromatic rings. The zero-order valence-electron chi connectivity index (χ0n) is 11.8. The van der Waals surface area contributed by atoms with Gasteiger partial charge in [-0.3, -0.25) is 4.79 Å². The molecule has 1 N–H and O–H groups in total. The molecule has 0 spiro atoms. The molecule has 106 valence electrons. The predicted octanol–water partition coefficient (Wildman–Crippen LogP) is 2.39. The van der Waals surface area contributed by atoms with E-state index in [1.54, 1.807) is 4.90 Å². The van der Waals surface area contributed by atoms with Gasteiger partial charge < -0.3 is 14.6 Å². The van der Waals surface area contributed by atoms with Crippen LogP contribution in [0, 0.1) is 5.92 Å². The van der Waals surface area contributed by atoms with Gasteiger partial charge in [0.15, 0.2) is 0 Å². The van der Waals surface area contributed by atoms with Gasteiger partial charge in [0, 0.05) is 19.0 Å². The molecule has 2 heterocycles. The third-order valence-electron chi connectivity index (χ3n) is 3.89. The van der Waals surface area contributed by atoms with E-state index in [2.05, 4.69) is 5.32 Å². The lowest BCUT2D eigenvalue weighted by atomic mass is 9.98. The van der Waals surface area contributed by atoms with Crippen molar-refractivity contribution in [2.75, 3.05) is 20.1 Å². The highest BCUT2D eigenvalue weighted by Gasteiger charge is 2.24. The molecule has 1 aliphatic heterocycles. The van der Waals surface area contributed by atoms with Crippen LogP contribution in [0.5, 0.6) is 0 Å². The lowest BCUT2D eigenvalue weighted by molar-refractivity contribution is -0.135. The average Bonchev–Trinajstić information content (AvgIpc) is 2.89. The highest BCUT2D eigenvalue weighted by Crippen LogP contribution is 2.21. The summed E-state index contributed by atoms with van der Waals surface area (Å²) in [6, 6.07) is 9.93. The highest BCUT2D eigenvalue weighted by molar-refractivity contribution is 5.80. The van der Waals surface area contributed by atoms with Crippen molar-refractivity contribution >= 4 is 16.9 Å². The summed E-state index contributed by atoms with van der Waals surface area (Å²) >= 11 is 0. The van der Waals surface area contributed by atoms with Gasteiger partial charge in [0.05, 0.1) is 12.5 Å². The zero-order chi connectivity index (χ0) is 13.9. The lowest BCUT2D eigenvalue weighted by Gasteiger charge is -2.26. The maximum Gasteiger partial charge on any atom is 0.227 e. The fourth-order valence-corrected chi connectivity index (χ4v) is 2.80. The van der Waals surface area contributed by atoms with Gasteiger partial charge in [0.2, 0.25) is 5.91 Å². The molecule has 1 aromatic carbocycles. The first-order valence-electron chi connectivity index (χ1n) is 7.17. The van der Waals surface area contributed by atoms with Gasteiger partial charge in [-0.15, -0.1) is 0 Å². The van der Waals surface area contributed by atoms with Gasteiger partial charge in [-0.2, -0.15) is 0 Å². The number of fused-ring (bicyclic) bond motifs is 1. The molecule has 1 amide bonds. The number of hydrogen-bond donors (Lipinski definition) is 1. The number of carbonyl (C=O) groups is 1. The Bertz CT molecular complexity index is 566. The SMILES string of the molecule is CN(Cc1cc2ccccc2o1)C(=O)C1CCCNC1. The molecule has 0 bridgehead atoms. The van der Waals surface area contributed by atoms with E-state index >= 15 is 0 Å². The fraction of sp³-hybridized carbons (Fsp3) is 0.438. The second-order valence-corrected chi connectivity index (χ2v) is 5.49. The standard InChI is InChI=1S/C16H20N2O2/c1-18(16(19)13-6-4-8-17-10-13)11-14-9-12-5-2-3-7-15(12)20-14/h2-3,5,7,9,13,17H,4,6,8,10-11H2,1H3. The van der Waals surface area contributed by atoms with Crippen LogP contribution in [0.1, 0.15) is 18.6 Å². The van der Waals surface area contributed by atoms with Crippen LogP contribution >= 0.6 is 0 Å². The molecular formula is C16H20N2O2. The fourth-order valence-electron chi connectivity index (χ4n) is 2.80. The van der Waals surface area contributed by atoms with E-state index in [0.29, 0.717) is 6.54 Å². The molecule has 1 saturated heterocycles. The number of amides is 1. The van der Waals surface area contributed by atoms with E-state index in [-0.39, 0.29) is 11.8 Å². The monoisotopic (exact) mass is 272 g/mol. The third kappa shape index (κ3) is 2.70. The lowest BCUT2D eigenvalue weighted by Crippen LogP contribution is -2.41. The Labute approximate surface area is 118 Å². The maximum atomic E-state index is 12.4. The number of carbonyl (C=O) groups excluding carboxylic acids is 1. The van der Waals surface area contributed by atoms with Crippen LogP contribution in [0.15, 0.2) is 34.7 Å². The van der Waals surface area contributed by atoms with Gasteiger partial charge in [0.25, 0.3) is 0 Å². The maximum absolute atomic E-state index is 12.4. The van der Waals surface area contributed by atoms with Gasteiger partial charge in [-0.25, -0.2) is 0 Å². The Balaban J connectivity index is 1.68. The molecule has 0 radical (unpaired) electrons. The van der Waals surface area contributed by atoms with E-state index < -0.39 is 0 Å². The largest absolute Gasteiger partial charge is 0.459 e. The molecule has 20 heavy (non-hydrogen) atoms. The van der Waals surface area contributed by atoms with E-state index in [1.807, 2.05) is 37.4 Å².